The molecule has 0 radical (unpaired) electrons. The van der Waals surface area contributed by atoms with Crippen molar-refractivity contribution in [2.75, 3.05) is 40.9 Å². The van der Waals surface area contributed by atoms with Crippen LogP contribution < -0.4 is 10.2 Å². The van der Waals surface area contributed by atoms with Crippen LogP contribution in [-0.4, -0.2) is 102 Å². The molecule has 1 aliphatic carbocycles. The number of aliphatic hydroxyl groups is 4. The lowest BCUT2D eigenvalue weighted by molar-refractivity contribution is -0.870. The predicted octanol–water partition coefficient (Wildman–Crippen LogP) is 6.26. The van der Waals surface area contributed by atoms with E-state index in [9.17, 15) is 34.7 Å². The minimum Gasteiger partial charge on any atom is -0.756 e. The SMILES string of the molecule is CCCCCCC/C=C\CC/C=C/[C@@H](O)[C@H](COP(=O)([O-])OCC[N+](C)(C)C)NC(=O)CCC/C=C/C[C@@H]1[C@@H](/C=C/[C@@H](O)CCCCC)[C@H](O)C[C@@H]1O. The number of hydrogen-bond acceptors (Lipinski definition) is 9. The van der Waals surface area contributed by atoms with E-state index in [0.29, 0.717) is 49.6 Å². The van der Waals surface area contributed by atoms with Crippen molar-refractivity contribution in [1.29, 1.82) is 0 Å². The Bertz CT molecular complexity index is 1120. The fourth-order valence-electron chi connectivity index (χ4n) is 6.22. The number of phosphoric ester groups is 1. The van der Waals surface area contributed by atoms with E-state index < -0.39 is 44.9 Å². The second kappa shape index (κ2) is 28.7. The van der Waals surface area contributed by atoms with E-state index in [1.165, 1.54) is 32.1 Å². The summed E-state index contributed by atoms with van der Waals surface area (Å²) in [4.78, 5) is 25.3. The predicted molar refractivity (Wildman–Crippen MR) is 212 cm³/mol. The fraction of sp³-hybridized carbons (Fsp3) is 0.780. The zero-order chi connectivity index (χ0) is 39.5. The van der Waals surface area contributed by atoms with Gasteiger partial charge in [-0.05, 0) is 57.3 Å². The number of rotatable bonds is 31. The number of allylic oxidation sites excluding steroid dienone is 5. The van der Waals surface area contributed by atoms with Crippen molar-refractivity contribution in [2.24, 2.45) is 11.8 Å². The van der Waals surface area contributed by atoms with Crippen LogP contribution in [-0.2, 0) is 18.4 Å². The van der Waals surface area contributed by atoms with Gasteiger partial charge in [0.25, 0.3) is 7.82 Å². The maximum absolute atomic E-state index is 12.9. The highest BCUT2D eigenvalue weighted by atomic mass is 31.2. The van der Waals surface area contributed by atoms with Gasteiger partial charge in [0.2, 0.25) is 5.91 Å². The molecule has 8 atom stereocenters. The molecule has 0 aromatic rings. The van der Waals surface area contributed by atoms with Crippen molar-refractivity contribution >= 4 is 13.7 Å². The Morgan fingerprint density at radius 3 is 2.21 bits per heavy atom. The van der Waals surface area contributed by atoms with Gasteiger partial charge in [0.1, 0.15) is 13.2 Å². The lowest BCUT2D eigenvalue weighted by atomic mass is 9.89. The Morgan fingerprint density at radius 2 is 1.49 bits per heavy atom. The first-order valence-corrected chi connectivity index (χ1v) is 21.7. The second-order valence-electron chi connectivity index (χ2n) is 15.6. The second-order valence-corrected chi connectivity index (χ2v) is 17.0. The maximum Gasteiger partial charge on any atom is 0.268 e. The number of hydrogen-bond donors (Lipinski definition) is 5. The minimum absolute atomic E-state index is 0.0522. The van der Waals surface area contributed by atoms with Gasteiger partial charge in [-0.15, -0.1) is 0 Å². The summed E-state index contributed by atoms with van der Waals surface area (Å²) >= 11 is 0. The summed E-state index contributed by atoms with van der Waals surface area (Å²) in [6.07, 6.45) is 26.9. The molecule has 5 N–H and O–H groups in total. The van der Waals surface area contributed by atoms with Crippen molar-refractivity contribution in [3.05, 3.63) is 48.6 Å². The highest BCUT2D eigenvalue weighted by molar-refractivity contribution is 7.45. The molecule has 0 aliphatic heterocycles. The Morgan fingerprint density at radius 1 is 0.849 bits per heavy atom. The highest BCUT2D eigenvalue weighted by Gasteiger charge is 2.39. The number of likely N-dealkylation sites (N-methyl/N-ethyl adjacent to an activating group) is 1. The molecule has 0 bridgehead atoms. The van der Waals surface area contributed by atoms with Gasteiger partial charge < -0.3 is 44.2 Å². The van der Waals surface area contributed by atoms with E-state index in [-0.39, 0.29) is 30.8 Å². The molecule has 0 saturated heterocycles. The summed E-state index contributed by atoms with van der Waals surface area (Å²) in [5.41, 5.74) is 0. The largest absolute Gasteiger partial charge is 0.756 e. The molecule has 0 aromatic carbocycles. The monoisotopic (exact) mass is 771 g/mol. The Kier molecular flexibility index (Phi) is 26.7. The molecular weight excluding hydrogens is 695 g/mol. The summed E-state index contributed by atoms with van der Waals surface area (Å²) in [5, 5.41) is 45.0. The van der Waals surface area contributed by atoms with E-state index in [4.69, 9.17) is 9.05 Å². The summed E-state index contributed by atoms with van der Waals surface area (Å²) in [6.45, 7) is 4.25. The van der Waals surface area contributed by atoms with E-state index in [0.717, 1.165) is 32.1 Å². The van der Waals surface area contributed by atoms with Crippen molar-refractivity contribution in [1.82, 2.24) is 5.32 Å². The number of aliphatic hydroxyl groups excluding tert-OH is 4. The third-order valence-electron chi connectivity index (χ3n) is 9.58. The summed E-state index contributed by atoms with van der Waals surface area (Å²) in [5.74, 6) is -0.747. The number of nitrogens with zero attached hydrogens (tertiary/aromatic N) is 1. The highest BCUT2D eigenvalue weighted by Crippen LogP contribution is 2.38. The van der Waals surface area contributed by atoms with E-state index in [1.807, 2.05) is 45.4 Å². The average Bonchev–Trinajstić information content (AvgIpc) is 3.36. The van der Waals surface area contributed by atoms with Crippen molar-refractivity contribution in [3.63, 3.8) is 0 Å². The van der Waals surface area contributed by atoms with Gasteiger partial charge in [-0.2, -0.15) is 0 Å². The number of quaternary nitrogens is 1. The summed E-state index contributed by atoms with van der Waals surface area (Å²) in [6, 6.07) is -0.998. The number of carbonyl (C=O) groups is 1. The maximum atomic E-state index is 12.9. The van der Waals surface area contributed by atoms with Crippen molar-refractivity contribution in [3.8, 4) is 0 Å². The van der Waals surface area contributed by atoms with Crippen LogP contribution in [0.1, 0.15) is 123 Å². The van der Waals surface area contributed by atoms with E-state index in [1.54, 1.807) is 12.2 Å². The smallest absolute Gasteiger partial charge is 0.268 e. The van der Waals surface area contributed by atoms with Gasteiger partial charge in [-0.25, -0.2) is 0 Å². The van der Waals surface area contributed by atoms with Crippen molar-refractivity contribution < 1.29 is 48.2 Å². The lowest BCUT2D eigenvalue weighted by Crippen LogP contribution is -2.45. The van der Waals surface area contributed by atoms with Crippen LogP contribution in [0.15, 0.2) is 48.6 Å². The van der Waals surface area contributed by atoms with Crippen LogP contribution in [0.25, 0.3) is 0 Å². The zero-order valence-corrected chi connectivity index (χ0v) is 34.4. The van der Waals surface area contributed by atoms with Crippen LogP contribution in [0.5, 0.6) is 0 Å². The van der Waals surface area contributed by atoms with E-state index in [2.05, 4.69) is 31.3 Å². The molecule has 0 aromatic heterocycles. The minimum atomic E-state index is -4.66. The number of unbranched alkanes of at least 4 members (excludes halogenated alkanes) is 9. The molecule has 12 heteroatoms. The first-order valence-electron chi connectivity index (χ1n) is 20.3. The number of nitrogens with one attached hydrogen (secondary N) is 1. The standard InChI is InChI=1S/C41H75N2O9P/c1-6-8-10-11-12-13-14-15-16-17-22-26-38(45)37(33-52-53(49,50)51-31-30-43(3,4)5)42-41(48)27-23-19-18-21-25-35-36(40(47)32-39(35)46)29-28-34(44)24-20-9-7-2/h14-15,18,21-22,26,28-29,34-40,44-47H,6-13,16-17,19-20,23-25,27,30-33H2,1-5H3,(H-,42,48,49,50)/b15-14-,21-18+,26-22+,29-28+/t34-,35+,36+,37-,38+,39-,40+/m0/s1. The average molecular weight is 771 g/mol. The van der Waals surface area contributed by atoms with Crippen LogP contribution in [0.2, 0.25) is 0 Å². The Balaban J connectivity index is 2.66. The molecule has 1 amide bonds. The molecule has 0 heterocycles. The zero-order valence-electron chi connectivity index (χ0n) is 33.5. The molecule has 1 aliphatic rings. The van der Waals surface area contributed by atoms with Gasteiger partial charge in [0.15, 0.2) is 0 Å². The first kappa shape index (κ1) is 49.4. The summed E-state index contributed by atoms with van der Waals surface area (Å²) in [7, 11) is 1.08. The number of amides is 1. The topological polar surface area (TPSA) is 169 Å². The van der Waals surface area contributed by atoms with Crippen LogP contribution >= 0.6 is 7.82 Å². The molecule has 11 nitrogen and oxygen atoms in total. The third kappa shape index (κ3) is 25.2. The normalized spacial score (nSPS) is 22.7. The fourth-order valence-corrected chi connectivity index (χ4v) is 6.94. The van der Waals surface area contributed by atoms with Crippen LogP contribution in [0.4, 0.5) is 0 Å². The third-order valence-corrected chi connectivity index (χ3v) is 10.5. The van der Waals surface area contributed by atoms with Gasteiger partial charge in [-0.3, -0.25) is 9.36 Å². The van der Waals surface area contributed by atoms with Gasteiger partial charge in [0, 0.05) is 18.8 Å². The van der Waals surface area contributed by atoms with E-state index >= 15 is 0 Å². The van der Waals surface area contributed by atoms with Gasteiger partial charge in [0.05, 0.1) is 58.2 Å². The van der Waals surface area contributed by atoms with Gasteiger partial charge in [-0.1, -0.05) is 107 Å². The molecular formula is C41H75N2O9P. The van der Waals surface area contributed by atoms with Gasteiger partial charge >= 0.3 is 0 Å². The molecule has 1 saturated carbocycles. The Hall–Kier alpha value is -1.66. The first-order chi connectivity index (χ1) is 25.2. The molecule has 308 valence electrons. The lowest BCUT2D eigenvalue weighted by Gasteiger charge is -2.29. The summed E-state index contributed by atoms with van der Waals surface area (Å²) < 4.78 is 23.1. The quantitative estimate of drug-likeness (QED) is 0.0236. The number of phosphoric acid groups is 1. The molecule has 1 rings (SSSR count). The molecule has 1 fully saturated rings. The van der Waals surface area contributed by atoms with Crippen LogP contribution in [0, 0.1) is 11.8 Å². The van der Waals surface area contributed by atoms with Crippen LogP contribution in [0.3, 0.4) is 0 Å². The van der Waals surface area contributed by atoms with Crippen molar-refractivity contribution in [2.45, 2.75) is 153 Å². The molecule has 0 spiro atoms. The Labute approximate surface area is 321 Å². The molecule has 53 heavy (non-hydrogen) atoms. The number of carbonyl (C=O) groups excluding carboxylic acids is 1. The molecule has 1 unspecified atom stereocenters.